The maximum atomic E-state index is 7.43. The van der Waals surface area contributed by atoms with E-state index in [1.807, 2.05) is 30.5 Å². The fourth-order valence-corrected chi connectivity index (χ4v) is 1.03. The van der Waals surface area contributed by atoms with Gasteiger partial charge < -0.3 is 0 Å². The Morgan fingerprint density at radius 1 is 1.50 bits per heavy atom. The fraction of sp³-hybridized carbons (Fsp3) is 0.125. The van der Waals surface area contributed by atoms with Gasteiger partial charge in [0.05, 0.1) is 5.04 Å². The van der Waals surface area contributed by atoms with Crippen LogP contribution in [0.4, 0.5) is 0 Å². The highest BCUT2D eigenvalue weighted by Crippen LogP contribution is 2.07. The van der Waals surface area contributed by atoms with Crippen LogP contribution in [0.25, 0.3) is 0 Å². The van der Waals surface area contributed by atoms with Crippen molar-refractivity contribution in [3.63, 3.8) is 0 Å². The number of nitrogens with one attached hydrogen (secondary N) is 1. The van der Waals surface area contributed by atoms with Crippen LogP contribution in [0.15, 0.2) is 24.3 Å². The van der Waals surface area contributed by atoms with E-state index in [2.05, 4.69) is 6.07 Å². The van der Waals surface area contributed by atoms with Gasteiger partial charge in [0, 0.05) is 5.56 Å². The predicted octanol–water partition coefficient (Wildman–Crippen LogP) is 2.18. The first-order chi connectivity index (χ1) is 4.84. The summed E-state index contributed by atoms with van der Waals surface area (Å²) < 4.78 is 0. The van der Waals surface area contributed by atoms with Gasteiger partial charge in [-0.2, -0.15) is 0 Å². The molecule has 0 atom stereocenters. The van der Waals surface area contributed by atoms with Gasteiger partial charge in [-0.05, 0) is 12.3 Å². The first-order valence-corrected chi connectivity index (χ1v) is 4.16. The summed E-state index contributed by atoms with van der Waals surface area (Å²) >= 11 is 1.45. The Balaban J connectivity index is 2.85. The second-order valence-electron chi connectivity index (χ2n) is 1.82. The van der Waals surface area contributed by atoms with Gasteiger partial charge >= 0.3 is 0 Å². The lowest BCUT2D eigenvalue weighted by molar-refractivity contribution is 1.52. The number of rotatable bonds is 1. The van der Waals surface area contributed by atoms with Crippen molar-refractivity contribution in [2.45, 2.75) is 0 Å². The normalized spacial score (nSPS) is 9.30. The molecule has 0 aliphatic carbocycles. The Labute approximate surface area is 65.0 Å². The van der Waals surface area contributed by atoms with Crippen LogP contribution in [0.1, 0.15) is 5.56 Å². The lowest BCUT2D eigenvalue weighted by atomic mass is 10.2. The molecular formula is C8H8NS. The molecule has 1 N–H and O–H groups in total. The highest BCUT2D eigenvalue weighted by Gasteiger charge is 1.94. The molecular weight excluding hydrogens is 142 g/mol. The topological polar surface area (TPSA) is 23.9 Å². The Morgan fingerprint density at radius 3 is 2.60 bits per heavy atom. The maximum absolute atomic E-state index is 7.43. The van der Waals surface area contributed by atoms with Crippen LogP contribution in [0.3, 0.4) is 0 Å². The van der Waals surface area contributed by atoms with Crippen LogP contribution in [-0.4, -0.2) is 11.3 Å². The standard InChI is InChI=1S/C8H8NS/c1-10-8(9)7-5-3-2-4-6-7/h3-6,9H,1H3. The van der Waals surface area contributed by atoms with Crippen molar-refractivity contribution in [2.24, 2.45) is 0 Å². The lowest BCUT2D eigenvalue weighted by Gasteiger charge is -1.96. The Kier molecular flexibility index (Phi) is 2.51. The second-order valence-corrected chi connectivity index (χ2v) is 2.64. The molecule has 0 heterocycles. The van der Waals surface area contributed by atoms with Crippen molar-refractivity contribution in [2.75, 3.05) is 6.26 Å². The van der Waals surface area contributed by atoms with Crippen molar-refractivity contribution < 1.29 is 0 Å². The van der Waals surface area contributed by atoms with Crippen molar-refractivity contribution >= 4 is 16.8 Å². The van der Waals surface area contributed by atoms with Gasteiger partial charge in [-0.1, -0.05) is 24.3 Å². The zero-order valence-electron chi connectivity index (χ0n) is 5.72. The highest BCUT2D eigenvalue weighted by atomic mass is 32.2. The lowest BCUT2D eigenvalue weighted by Crippen LogP contribution is -1.89. The van der Waals surface area contributed by atoms with E-state index in [0.29, 0.717) is 5.04 Å². The summed E-state index contributed by atoms with van der Waals surface area (Å²) in [5.41, 5.74) is 0.964. The molecule has 0 aromatic heterocycles. The molecule has 1 nitrogen and oxygen atoms in total. The van der Waals surface area contributed by atoms with Crippen LogP contribution in [0, 0.1) is 11.5 Å². The Bertz CT molecular complexity index is 218. The molecule has 51 valence electrons. The van der Waals surface area contributed by atoms with E-state index < -0.39 is 0 Å². The molecule has 10 heavy (non-hydrogen) atoms. The van der Waals surface area contributed by atoms with E-state index in [1.54, 1.807) is 0 Å². The zero-order chi connectivity index (χ0) is 7.40. The zero-order valence-corrected chi connectivity index (χ0v) is 6.53. The number of hydrogen-bond acceptors (Lipinski definition) is 2. The molecule has 1 rings (SSSR count). The van der Waals surface area contributed by atoms with Crippen molar-refractivity contribution in [1.82, 2.24) is 0 Å². The van der Waals surface area contributed by atoms with E-state index in [0.717, 1.165) is 5.56 Å². The summed E-state index contributed by atoms with van der Waals surface area (Å²) in [5.74, 6) is 0. The molecule has 0 bridgehead atoms. The SMILES string of the molecule is CSC(=N)c1cc[c]cc1. The van der Waals surface area contributed by atoms with Crippen molar-refractivity contribution in [3.8, 4) is 0 Å². The number of hydrogen-bond donors (Lipinski definition) is 1. The average molecular weight is 150 g/mol. The summed E-state index contributed by atoms with van der Waals surface area (Å²) in [6.07, 6.45) is 1.90. The molecule has 1 aromatic carbocycles. The molecule has 0 amide bonds. The molecule has 0 aliphatic heterocycles. The van der Waals surface area contributed by atoms with E-state index in [4.69, 9.17) is 5.41 Å². The van der Waals surface area contributed by atoms with Gasteiger partial charge in [-0.15, -0.1) is 11.8 Å². The van der Waals surface area contributed by atoms with Gasteiger partial charge in [0.15, 0.2) is 0 Å². The third-order valence-corrected chi connectivity index (χ3v) is 1.83. The van der Waals surface area contributed by atoms with Gasteiger partial charge in [-0.25, -0.2) is 0 Å². The quantitative estimate of drug-likeness (QED) is 0.481. The summed E-state index contributed by atoms with van der Waals surface area (Å²) in [4.78, 5) is 0. The first kappa shape index (κ1) is 7.35. The maximum Gasteiger partial charge on any atom is 0.0939 e. The van der Waals surface area contributed by atoms with Crippen LogP contribution >= 0.6 is 11.8 Å². The van der Waals surface area contributed by atoms with Crippen molar-refractivity contribution in [1.29, 1.82) is 5.41 Å². The van der Waals surface area contributed by atoms with E-state index in [1.165, 1.54) is 11.8 Å². The average Bonchev–Trinajstić information content (AvgIpc) is 2.05. The third-order valence-electron chi connectivity index (χ3n) is 1.18. The van der Waals surface area contributed by atoms with Crippen LogP contribution in [-0.2, 0) is 0 Å². The summed E-state index contributed by atoms with van der Waals surface area (Å²) in [5, 5.41) is 8.03. The molecule has 2 heteroatoms. The molecule has 0 saturated carbocycles. The van der Waals surface area contributed by atoms with Crippen LogP contribution < -0.4 is 0 Å². The number of thioether (sulfide) groups is 1. The van der Waals surface area contributed by atoms with Crippen LogP contribution in [0.2, 0.25) is 0 Å². The molecule has 1 radical (unpaired) electrons. The van der Waals surface area contributed by atoms with Gasteiger partial charge in [0.2, 0.25) is 0 Å². The molecule has 0 saturated heterocycles. The Morgan fingerprint density at radius 2 is 2.10 bits per heavy atom. The smallest absolute Gasteiger partial charge is 0.0939 e. The minimum Gasteiger partial charge on any atom is -0.293 e. The third kappa shape index (κ3) is 1.61. The molecule has 0 spiro atoms. The largest absolute Gasteiger partial charge is 0.293 e. The Hall–Kier alpha value is -0.760. The molecule has 1 aromatic rings. The molecule has 0 fully saturated rings. The van der Waals surface area contributed by atoms with Crippen LogP contribution in [0.5, 0.6) is 0 Å². The fourth-order valence-electron chi connectivity index (χ4n) is 0.656. The predicted molar refractivity (Wildman–Crippen MR) is 45.6 cm³/mol. The van der Waals surface area contributed by atoms with E-state index in [9.17, 15) is 0 Å². The number of benzene rings is 1. The molecule has 0 aliphatic rings. The van der Waals surface area contributed by atoms with E-state index >= 15 is 0 Å². The first-order valence-electron chi connectivity index (χ1n) is 2.93. The summed E-state index contributed by atoms with van der Waals surface area (Å²) in [7, 11) is 0. The minimum absolute atomic E-state index is 0.606. The summed E-state index contributed by atoms with van der Waals surface area (Å²) in [6, 6.07) is 10.3. The van der Waals surface area contributed by atoms with Gasteiger partial charge in [-0.3, -0.25) is 5.41 Å². The van der Waals surface area contributed by atoms with E-state index in [-0.39, 0.29) is 0 Å². The van der Waals surface area contributed by atoms with Crippen molar-refractivity contribution in [3.05, 3.63) is 35.9 Å². The minimum atomic E-state index is 0.606. The van der Waals surface area contributed by atoms with Gasteiger partial charge in [0.1, 0.15) is 0 Å². The molecule has 0 unspecified atom stereocenters. The highest BCUT2D eigenvalue weighted by molar-refractivity contribution is 8.13. The van der Waals surface area contributed by atoms with Gasteiger partial charge in [0.25, 0.3) is 0 Å². The second kappa shape index (κ2) is 3.42. The summed E-state index contributed by atoms with van der Waals surface area (Å²) in [6.45, 7) is 0. The monoisotopic (exact) mass is 150 g/mol.